The Hall–Kier alpha value is -2.05. The number of likely N-dealkylation sites (tertiary alicyclic amines) is 1. The van der Waals surface area contributed by atoms with Crippen LogP contribution in [0.1, 0.15) is 81.0 Å². The zero-order valence-electron chi connectivity index (χ0n) is 20.0. The summed E-state index contributed by atoms with van der Waals surface area (Å²) in [7, 11) is 0. The highest BCUT2D eigenvalue weighted by molar-refractivity contribution is 6.06. The summed E-state index contributed by atoms with van der Waals surface area (Å²) < 4.78 is 12.0. The number of carboxylic acids is 1. The van der Waals surface area contributed by atoms with Crippen LogP contribution < -0.4 is 4.90 Å². The van der Waals surface area contributed by atoms with Gasteiger partial charge in [-0.2, -0.15) is 0 Å². The number of piperidine rings is 1. The molecule has 6 nitrogen and oxygen atoms in total. The van der Waals surface area contributed by atoms with Crippen LogP contribution in [-0.2, 0) is 11.2 Å². The van der Waals surface area contributed by atoms with Gasteiger partial charge >= 0.3 is 5.97 Å². The van der Waals surface area contributed by atoms with Crippen molar-refractivity contribution in [3.8, 4) is 0 Å². The van der Waals surface area contributed by atoms with E-state index in [1.807, 2.05) is 6.07 Å². The van der Waals surface area contributed by atoms with E-state index in [0.29, 0.717) is 35.6 Å². The van der Waals surface area contributed by atoms with Crippen molar-refractivity contribution in [2.75, 3.05) is 37.7 Å². The van der Waals surface area contributed by atoms with Crippen molar-refractivity contribution in [1.82, 2.24) is 4.90 Å². The first-order valence-corrected chi connectivity index (χ1v) is 12.4. The molecule has 2 fully saturated rings. The molecular weight excluding hydrogens is 404 g/mol. The molecule has 176 valence electrons. The number of ether oxygens (including phenoxy) is 1. The third kappa shape index (κ3) is 4.40. The van der Waals surface area contributed by atoms with E-state index in [1.54, 1.807) is 0 Å². The number of carbonyl (C=O) groups is 1. The van der Waals surface area contributed by atoms with Crippen LogP contribution in [0.15, 0.2) is 16.5 Å². The van der Waals surface area contributed by atoms with Crippen LogP contribution in [0.5, 0.6) is 0 Å². The number of fused-ring (bicyclic) bond motifs is 1. The van der Waals surface area contributed by atoms with E-state index in [4.69, 9.17) is 9.15 Å². The summed E-state index contributed by atoms with van der Waals surface area (Å²) in [5, 5.41) is 11.0. The first-order chi connectivity index (χ1) is 15.4. The second-order valence-electron chi connectivity index (χ2n) is 9.50. The molecule has 0 saturated carbocycles. The minimum absolute atomic E-state index is 0.352. The van der Waals surface area contributed by atoms with Crippen LogP contribution in [0, 0.1) is 0 Å². The van der Waals surface area contributed by atoms with Crippen LogP contribution in [0.25, 0.3) is 11.0 Å². The molecule has 32 heavy (non-hydrogen) atoms. The second kappa shape index (κ2) is 9.84. The highest BCUT2D eigenvalue weighted by Gasteiger charge is 2.29. The molecule has 1 N–H and O–H groups in total. The maximum Gasteiger partial charge on any atom is 0.336 e. The van der Waals surface area contributed by atoms with Crippen molar-refractivity contribution in [2.24, 2.45) is 0 Å². The van der Waals surface area contributed by atoms with Crippen LogP contribution in [-0.4, -0.2) is 60.9 Å². The smallest absolute Gasteiger partial charge is 0.336 e. The van der Waals surface area contributed by atoms with Crippen LogP contribution in [0.3, 0.4) is 0 Å². The van der Waals surface area contributed by atoms with Gasteiger partial charge in [-0.05, 0) is 77.6 Å². The maximum atomic E-state index is 12.5. The quantitative estimate of drug-likeness (QED) is 0.629. The molecule has 0 unspecified atom stereocenters. The average molecular weight is 443 g/mol. The molecule has 2 aromatic rings. The molecule has 0 radical (unpaired) electrons. The fraction of sp³-hybridized carbons (Fsp3) is 0.654. The summed E-state index contributed by atoms with van der Waals surface area (Å²) in [4.78, 5) is 17.3. The molecule has 0 aliphatic carbocycles. The molecule has 0 bridgehead atoms. The van der Waals surface area contributed by atoms with Crippen molar-refractivity contribution >= 4 is 22.6 Å². The molecule has 2 aliphatic rings. The summed E-state index contributed by atoms with van der Waals surface area (Å²) in [6, 6.07) is 5.05. The second-order valence-corrected chi connectivity index (χ2v) is 9.50. The molecule has 1 aromatic carbocycles. The molecule has 0 atom stereocenters. The number of hydrogen-bond donors (Lipinski definition) is 1. The first-order valence-electron chi connectivity index (χ1n) is 12.4. The Balaban J connectivity index is 1.75. The van der Waals surface area contributed by atoms with Gasteiger partial charge in [-0.3, -0.25) is 0 Å². The summed E-state index contributed by atoms with van der Waals surface area (Å²) in [5.41, 5.74) is 3.06. The number of anilines is 1. The third-order valence-corrected chi connectivity index (χ3v) is 7.44. The lowest BCUT2D eigenvalue weighted by molar-refractivity contribution is 0.0697. The first kappa shape index (κ1) is 23.1. The normalized spacial score (nSPS) is 19.2. The van der Waals surface area contributed by atoms with E-state index in [-0.39, 0.29) is 0 Å². The summed E-state index contributed by atoms with van der Waals surface area (Å²) in [6.07, 6.45) is 4.72. The summed E-state index contributed by atoms with van der Waals surface area (Å²) in [5.74, 6) is 0.434. The van der Waals surface area contributed by atoms with Gasteiger partial charge in [0, 0.05) is 54.9 Å². The van der Waals surface area contributed by atoms with Gasteiger partial charge in [-0.15, -0.1) is 0 Å². The molecule has 0 spiro atoms. The van der Waals surface area contributed by atoms with Crippen molar-refractivity contribution in [3.63, 3.8) is 0 Å². The Morgan fingerprint density at radius 2 is 1.84 bits per heavy atom. The van der Waals surface area contributed by atoms with Gasteiger partial charge in [-0.25, -0.2) is 4.79 Å². The lowest BCUT2D eigenvalue weighted by atomic mass is 9.92. The lowest BCUT2D eigenvalue weighted by Gasteiger charge is -2.36. The minimum Gasteiger partial charge on any atom is -0.478 e. The molecule has 0 amide bonds. The van der Waals surface area contributed by atoms with Crippen molar-refractivity contribution in [2.45, 2.75) is 77.8 Å². The van der Waals surface area contributed by atoms with Crippen molar-refractivity contribution in [1.29, 1.82) is 0 Å². The molecule has 3 heterocycles. The van der Waals surface area contributed by atoms with Crippen LogP contribution in [0.4, 0.5) is 5.69 Å². The third-order valence-electron chi connectivity index (χ3n) is 7.44. The molecule has 4 rings (SSSR count). The number of rotatable bonds is 7. The fourth-order valence-corrected chi connectivity index (χ4v) is 5.61. The predicted molar refractivity (Wildman–Crippen MR) is 128 cm³/mol. The number of nitrogens with zero attached hydrogens (tertiary/aromatic N) is 2. The zero-order chi connectivity index (χ0) is 22.8. The Bertz CT molecular complexity index is 937. The zero-order valence-corrected chi connectivity index (χ0v) is 20.0. The number of benzene rings is 1. The van der Waals surface area contributed by atoms with Gasteiger partial charge < -0.3 is 24.1 Å². The van der Waals surface area contributed by atoms with Crippen LogP contribution in [0.2, 0.25) is 0 Å². The van der Waals surface area contributed by atoms with Crippen LogP contribution >= 0.6 is 0 Å². The minimum atomic E-state index is -0.862. The Morgan fingerprint density at radius 3 is 2.41 bits per heavy atom. The van der Waals surface area contributed by atoms with Gasteiger partial charge in [0.1, 0.15) is 11.3 Å². The fourth-order valence-electron chi connectivity index (χ4n) is 5.61. The highest BCUT2D eigenvalue weighted by Crippen LogP contribution is 2.39. The van der Waals surface area contributed by atoms with Crippen molar-refractivity contribution < 1.29 is 19.1 Å². The molecule has 2 saturated heterocycles. The molecule has 2 aliphatic heterocycles. The number of furan rings is 1. The summed E-state index contributed by atoms with van der Waals surface area (Å²) in [6.45, 7) is 13.2. The van der Waals surface area contributed by atoms with E-state index in [1.165, 1.54) is 0 Å². The standard InChI is InChI=1S/C26H38N2O4/c1-5-20-22(28(6-2)19-9-13-31-14-10-19)16-24-21(25(20)26(29)30)15-23(32-24)18-7-11-27(12-8-18)17(3)4/h15-19H,5-14H2,1-4H3,(H,29,30). The van der Waals surface area contributed by atoms with Crippen molar-refractivity contribution in [3.05, 3.63) is 29.0 Å². The van der Waals surface area contributed by atoms with E-state index >= 15 is 0 Å². The van der Waals surface area contributed by atoms with Gasteiger partial charge in [0.2, 0.25) is 0 Å². The number of aromatic carboxylic acids is 1. The van der Waals surface area contributed by atoms with Gasteiger partial charge in [0.25, 0.3) is 0 Å². The van der Waals surface area contributed by atoms with E-state index in [0.717, 1.165) is 80.9 Å². The monoisotopic (exact) mass is 442 g/mol. The average Bonchev–Trinajstić information content (AvgIpc) is 3.23. The van der Waals surface area contributed by atoms with E-state index in [2.05, 4.69) is 43.6 Å². The predicted octanol–water partition coefficient (Wildman–Crippen LogP) is 5.29. The Labute approximate surface area is 191 Å². The maximum absolute atomic E-state index is 12.5. The summed E-state index contributed by atoms with van der Waals surface area (Å²) >= 11 is 0. The number of hydrogen-bond acceptors (Lipinski definition) is 5. The molecular formula is C26H38N2O4. The van der Waals surface area contributed by atoms with Gasteiger partial charge in [-0.1, -0.05) is 6.92 Å². The Morgan fingerprint density at radius 1 is 1.16 bits per heavy atom. The Kier molecular flexibility index (Phi) is 7.11. The SMILES string of the molecule is CCc1c(N(CC)C2CCOCC2)cc2oc(C3CCN(C(C)C)CC3)cc2c1C(=O)O. The van der Waals surface area contributed by atoms with Gasteiger partial charge in [0.05, 0.1) is 5.56 Å². The lowest BCUT2D eigenvalue weighted by Crippen LogP contribution is -2.40. The number of carboxylic acid groups (broad SMARTS) is 1. The topological polar surface area (TPSA) is 66.2 Å². The van der Waals surface area contributed by atoms with E-state index in [9.17, 15) is 9.90 Å². The van der Waals surface area contributed by atoms with Gasteiger partial charge in [0.15, 0.2) is 0 Å². The van der Waals surface area contributed by atoms with E-state index < -0.39 is 5.97 Å². The largest absolute Gasteiger partial charge is 0.478 e. The molecule has 1 aromatic heterocycles. The highest BCUT2D eigenvalue weighted by atomic mass is 16.5. The molecule has 6 heteroatoms.